The third-order valence-corrected chi connectivity index (χ3v) is 2.14. The second-order valence-corrected chi connectivity index (χ2v) is 3.69. The molecule has 0 radical (unpaired) electrons. The summed E-state index contributed by atoms with van der Waals surface area (Å²) in [6.07, 6.45) is -4.46. The zero-order valence-corrected chi connectivity index (χ0v) is 9.93. The normalized spacial score (nSPS) is 11.4. The highest BCUT2D eigenvalue weighted by molar-refractivity contribution is 5.88. The number of aromatic carboxylic acids is 1. The first-order valence-corrected chi connectivity index (χ1v) is 5.32. The van der Waals surface area contributed by atoms with Gasteiger partial charge in [0, 0.05) is 6.54 Å². The Balaban J connectivity index is 2.53. The van der Waals surface area contributed by atoms with E-state index in [0.29, 0.717) is 0 Å². The van der Waals surface area contributed by atoms with Gasteiger partial charge in [-0.15, -0.1) is 0 Å². The minimum Gasteiger partial charge on any atom is -0.478 e. The van der Waals surface area contributed by atoms with Gasteiger partial charge in [0.15, 0.2) is 11.6 Å². The van der Waals surface area contributed by atoms with Gasteiger partial charge in [0.25, 0.3) is 0 Å². The second kappa shape index (κ2) is 6.51. The number of anilines is 1. The maximum absolute atomic E-state index is 13.4. The summed E-state index contributed by atoms with van der Waals surface area (Å²) in [5.41, 5.74) is -1.19. The van der Waals surface area contributed by atoms with Crippen molar-refractivity contribution in [1.82, 2.24) is 0 Å². The monoisotopic (exact) mass is 299 g/mol. The lowest BCUT2D eigenvalue weighted by Crippen LogP contribution is -2.20. The SMILES string of the molecule is O=C(O)c1ccc(NCCOCC(F)(F)F)c(F)c1F. The summed E-state index contributed by atoms with van der Waals surface area (Å²) in [5, 5.41) is 10.9. The number of carboxylic acids is 1. The number of ether oxygens (including phenoxy) is 1. The number of rotatable bonds is 6. The number of benzene rings is 1. The molecule has 20 heavy (non-hydrogen) atoms. The van der Waals surface area contributed by atoms with Gasteiger partial charge in [-0.2, -0.15) is 13.2 Å². The van der Waals surface area contributed by atoms with E-state index in [-0.39, 0.29) is 18.8 Å². The molecule has 1 aromatic carbocycles. The van der Waals surface area contributed by atoms with Crippen LogP contribution in [0.15, 0.2) is 12.1 Å². The lowest BCUT2D eigenvalue weighted by atomic mass is 10.2. The second-order valence-electron chi connectivity index (χ2n) is 3.69. The van der Waals surface area contributed by atoms with Crippen LogP contribution < -0.4 is 5.32 Å². The molecule has 0 aliphatic carbocycles. The topological polar surface area (TPSA) is 58.6 Å². The van der Waals surface area contributed by atoms with Crippen LogP contribution in [0.2, 0.25) is 0 Å². The van der Waals surface area contributed by atoms with Crippen molar-refractivity contribution >= 4 is 11.7 Å². The van der Waals surface area contributed by atoms with Crippen LogP contribution in [-0.2, 0) is 4.74 Å². The number of nitrogens with one attached hydrogen (secondary N) is 1. The zero-order chi connectivity index (χ0) is 15.3. The third-order valence-electron chi connectivity index (χ3n) is 2.14. The first-order chi connectivity index (χ1) is 9.22. The predicted molar refractivity (Wildman–Crippen MR) is 58.7 cm³/mol. The van der Waals surface area contributed by atoms with Crippen LogP contribution in [0.4, 0.5) is 27.6 Å². The molecule has 0 aliphatic heterocycles. The highest BCUT2D eigenvalue weighted by atomic mass is 19.4. The van der Waals surface area contributed by atoms with E-state index in [1.807, 2.05) is 0 Å². The molecule has 0 fully saturated rings. The maximum atomic E-state index is 13.4. The average Bonchev–Trinajstić information content (AvgIpc) is 2.32. The number of carboxylic acid groups (broad SMARTS) is 1. The summed E-state index contributed by atoms with van der Waals surface area (Å²) in [4.78, 5) is 10.5. The molecule has 9 heteroatoms. The van der Waals surface area contributed by atoms with Crippen molar-refractivity contribution in [3.63, 3.8) is 0 Å². The molecule has 4 nitrogen and oxygen atoms in total. The molecule has 0 saturated carbocycles. The zero-order valence-electron chi connectivity index (χ0n) is 9.93. The van der Waals surface area contributed by atoms with Gasteiger partial charge >= 0.3 is 12.1 Å². The van der Waals surface area contributed by atoms with E-state index in [0.717, 1.165) is 12.1 Å². The van der Waals surface area contributed by atoms with E-state index in [9.17, 15) is 26.7 Å². The quantitative estimate of drug-likeness (QED) is 0.626. The maximum Gasteiger partial charge on any atom is 0.411 e. The predicted octanol–water partition coefficient (Wildman–Crippen LogP) is 2.65. The fourth-order valence-electron chi connectivity index (χ4n) is 1.30. The summed E-state index contributed by atoms with van der Waals surface area (Å²) in [5.74, 6) is -4.58. The minimum absolute atomic E-state index is 0.196. The van der Waals surface area contributed by atoms with Gasteiger partial charge in [0.05, 0.1) is 17.9 Å². The molecule has 0 bridgehead atoms. The van der Waals surface area contributed by atoms with Crippen molar-refractivity contribution in [2.24, 2.45) is 0 Å². The molecular weight excluding hydrogens is 289 g/mol. The van der Waals surface area contributed by atoms with Crippen LogP contribution in [0.5, 0.6) is 0 Å². The molecule has 2 N–H and O–H groups in total. The summed E-state index contributed by atoms with van der Waals surface area (Å²) in [7, 11) is 0. The lowest BCUT2D eigenvalue weighted by molar-refractivity contribution is -0.172. The number of halogens is 5. The highest BCUT2D eigenvalue weighted by Gasteiger charge is 2.27. The van der Waals surface area contributed by atoms with Gasteiger partial charge < -0.3 is 15.2 Å². The summed E-state index contributed by atoms with van der Waals surface area (Å²) in [6.45, 7) is -2.01. The smallest absolute Gasteiger partial charge is 0.411 e. The first kappa shape index (κ1) is 16.2. The fraction of sp³-hybridized carbons (Fsp3) is 0.364. The van der Waals surface area contributed by atoms with Crippen molar-refractivity contribution in [1.29, 1.82) is 0 Å². The first-order valence-electron chi connectivity index (χ1n) is 5.32. The minimum atomic E-state index is -4.46. The van der Waals surface area contributed by atoms with E-state index < -0.39 is 36.0 Å². The lowest BCUT2D eigenvalue weighted by Gasteiger charge is -2.10. The molecule has 0 spiro atoms. The Bertz CT molecular complexity index is 490. The third kappa shape index (κ3) is 4.65. The van der Waals surface area contributed by atoms with Gasteiger partial charge in [-0.25, -0.2) is 13.6 Å². The van der Waals surface area contributed by atoms with Gasteiger partial charge in [-0.1, -0.05) is 0 Å². The molecular formula is C11H10F5NO3. The number of hydrogen-bond donors (Lipinski definition) is 2. The molecule has 112 valence electrons. The van der Waals surface area contributed by atoms with Crippen LogP contribution >= 0.6 is 0 Å². The molecule has 1 aromatic rings. The summed E-state index contributed by atoms with van der Waals surface area (Å²) < 4.78 is 66.1. The van der Waals surface area contributed by atoms with Crippen LogP contribution in [0, 0.1) is 11.6 Å². The van der Waals surface area contributed by atoms with Crippen molar-refractivity contribution in [2.75, 3.05) is 25.1 Å². The largest absolute Gasteiger partial charge is 0.478 e. The van der Waals surface area contributed by atoms with Gasteiger partial charge in [-0.05, 0) is 12.1 Å². The summed E-state index contributed by atoms with van der Waals surface area (Å²) in [6, 6.07) is 1.82. The molecule has 0 saturated heterocycles. The van der Waals surface area contributed by atoms with Crippen molar-refractivity contribution in [2.45, 2.75) is 6.18 Å². The van der Waals surface area contributed by atoms with Crippen molar-refractivity contribution in [3.05, 3.63) is 29.3 Å². The Hall–Kier alpha value is -1.90. The van der Waals surface area contributed by atoms with Crippen LogP contribution in [0.25, 0.3) is 0 Å². The van der Waals surface area contributed by atoms with E-state index in [4.69, 9.17) is 5.11 Å². The molecule has 0 atom stereocenters. The van der Waals surface area contributed by atoms with E-state index in [1.54, 1.807) is 0 Å². The molecule has 0 aromatic heterocycles. The Labute approximate surface area is 110 Å². The van der Waals surface area contributed by atoms with Crippen LogP contribution in [0.3, 0.4) is 0 Å². The Kier molecular flexibility index (Phi) is 5.26. The number of carbonyl (C=O) groups is 1. The van der Waals surface area contributed by atoms with Crippen molar-refractivity contribution in [3.8, 4) is 0 Å². The number of alkyl halides is 3. The van der Waals surface area contributed by atoms with Crippen molar-refractivity contribution < 1.29 is 36.6 Å². The van der Waals surface area contributed by atoms with E-state index in [2.05, 4.69) is 10.1 Å². The number of hydrogen-bond acceptors (Lipinski definition) is 3. The fourth-order valence-corrected chi connectivity index (χ4v) is 1.30. The molecule has 0 aliphatic rings. The van der Waals surface area contributed by atoms with E-state index in [1.165, 1.54) is 0 Å². The van der Waals surface area contributed by atoms with Crippen LogP contribution in [0.1, 0.15) is 10.4 Å². The molecule has 0 amide bonds. The summed E-state index contributed by atoms with van der Waals surface area (Å²) >= 11 is 0. The van der Waals surface area contributed by atoms with E-state index >= 15 is 0 Å². The van der Waals surface area contributed by atoms with Gasteiger partial charge in [0.2, 0.25) is 0 Å². The molecule has 0 unspecified atom stereocenters. The Morgan fingerprint density at radius 3 is 2.45 bits per heavy atom. The average molecular weight is 299 g/mol. The Morgan fingerprint density at radius 1 is 1.25 bits per heavy atom. The highest BCUT2D eigenvalue weighted by Crippen LogP contribution is 2.20. The van der Waals surface area contributed by atoms with Gasteiger partial charge in [0.1, 0.15) is 6.61 Å². The molecule has 0 heterocycles. The standard InChI is InChI=1S/C11H10F5NO3/c12-8-6(10(18)19)1-2-7(9(8)13)17-3-4-20-5-11(14,15)16/h1-2,17H,3-5H2,(H,18,19). The van der Waals surface area contributed by atoms with Gasteiger partial charge in [-0.3, -0.25) is 0 Å². The Morgan fingerprint density at radius 2 is 1.90 bits per heavy atom. The molecule has 1 rings (SSSR count). The van der Waals surface area contributed by atoms with Crippen LogP contribution in [-0.4, -0.2) is 37.0 Å².